The molecule has 2 aliphatic rings. The molecule has 6 rings (SSSR count). The van der Waals surface area contributed by atoms with Crippen molar-refractivity contribution < 1.29 is 9.47 Å². The standard InChI is InChI=1S/C24H24N6O2/c1-6-22-20(25-8-12-32-22)15-17(1)21-16-30-9-7-26-24(30)23(28-21)27-18-2-4-19(5-3-18)29-10-13-31-14-11-29/h1-7,9,15-16,25H,8,10-14H2,(H,27,28). The van der Waals surface area contributed by atoms with Crippen molar-refractivity contribution in [1.82, 2.24) is 14.4 Å². The summed E-state index contributed by atoms with van der Waals surface area (Å²) in [7, 11) is 0. The van der Waals surface area contributed by atoms with Gasteiger partial charge in [-0.25, -0.2) is 9.97 Å². The van der Waals surface area contributed by atoms with Crippen molar-refractivity contribution in [3.8, 4) is 17.0 Å². The second kappa shape index (κ2) is 8.05. The van der Waals surface area contributed by atoms with Crippen molar-refractivity contribution in [1.29, 1.82) is 0 Å². The van der Waals surface area contributed by atoms with Gasteiger partial charge in [0.05, 0.1) is 24.6 Å². The lowest BCUT2D eigenvalue weighted by Gasteiger charge is -2.28. The number of ether oxygens (including phenoxy) is 2. The Labute approximate surface area is 185 Å². The quantitative estimate of drug-likeness (QED) is 0.512. The highest BCUT2D eigenvalue weighted by Gasteiger charge is 2.15. The second-order valence-corrected chi connectivity index (χ2v) is 7.89. The Bertz CT molecular complexity index is 1250. The Balaban J connectivity index is 1.31. The Hall–Kier alpha value is -3.78. The number of morpholine rings is 1. The predicted molar refractivity (Wildman–Crippen MR) is 125 cm³/mol. The van der Waals surface area contributed by atoms with Crippen molar-refractivity contribution in [2.24, 2.45) is 0 Å². The number of anilines is 4. The molecular formula is C24H24N6O2. The van der Waals surface area contributed by atoms with Gasteiger partial charge < -0.3 is 29.4 Å². The van der Waals surface area contributed by atoms with Gasteiger partial charge in [-0.1, -0.05) is 0 Å². The van der Waals surface area contributed by atoms with Crippen LogP contribution < -0.4 is 20.3 Å². The number of rotatable bonds is 4. The van der Waals surface area contributed by atoms with Gasteiger partial charge in [0.2, 0.25) is 0 Å². The lowest BCUT2D eigenvalue weighted by atomic mass is 10.1. The third-order valence-corrected chi connectivity index (χ3v) is 5.83. The van der Waals surface area contributed by atoms with Crippen molar-refractivity contribution in [3.63, 3.8) is 0 Å². The summed E-state index contributed by atoms with van der Waals surface area (Å²) in [6.07, 6.45) is 5.73. The van der Waals surface area contributed by atoms with E-state index < -0.39 is 0 Å². The summed E-state index contributed by atoms with van der Waals surface area (Å²) in [6.45, 7) is 4.89. The minimum atomic E-state index is 0.685. The summed E-state index contributed by atoms with van der Waals surface area (Å²) in [5.41, 5.74) is 5.83. The topological polar surface area (TPSA) is 76.0 Å². The fourth-order valence-electron chi connectivity index (χ4n) is 4.17. The molecule has 8 nitrogen and oxygen atoms in total. The monoisotopic (exact) mass is 428 g/mol. The van der Waals surface area contributed by atoms with Gasteiger partial charge >= 0.3 is 0 Å². The molecule has 162 valence electrons. The van der Waals surface area contributed by atoms with Crippen LogP contribution in [0.5, 0.6) is 5.75 Å². The predicted octanol–water partition coefficient (Wildman–Crippen LogP) is 3.78. The number of nitrogens with one attached hydrogen (secondary N) is 2. The molecule has 0 spiro atoms. The molecule has 8 heteroatoms. The number of hydrogen-bond donors (Lipinski definition) is 2. The van der Waals surface area contributed by atoms with E-state index >= 15 is 0 Å². The zero-order valence-corrected chi connectivity index (χ0v) is 17.6. The van der Waals surface area contributed by atoms with E-state index in [1.807, 2.05) is 28.9 Å². The van der Waals surface area contributed by atoms with E-state index in [9.17, 15) is 0 Å². The maximum atomic E-state index is 5.71. The van der Waals surface area contributed by atoms with Gasteiger partial charge in [-0.3, -0.25) is 0 Å². The van der Waals surface area contributed by atoms with E-state index in [2.05, 4.69) is 50.8 Å². The summed E-state index contributed by atoms with van der Waals surface area (Å²) >= 11 is 0. The van der Waals surface area contributed by atoms with Crippen LogP contribution in [0.15, 0.2) is 61.1 Å². The van der Waals surface area contributed by atoms with Gasteiger partial charge in [-0.05, 0) is 42.5 Å². The van der Waals surface area contributed by atoms with Crippen LogP contribution >= 0.6 is 0 Å². The fourth-order valence-corrected chi connectivity index (χ4v) is 4.17. The molecular weight excluding hydrogens is 404 g/mol. The van der Waals surface area contributed by atoms with E-state index in [1.54, 1.807) is 6.20 Å². The molecule has 0 saturated carbocycles. The fraction of sp³-hybridized carbons (Fsp3) is 0.250. The number of nitrogens with zero attached hydrogens (tertiary/aromatic N) is 4. The Morgan fingerprint density at radius 2 is 1.88 bits per heavy atom. The average Bonchev–Trinajstić information content (AvgIpc) is 3.34. The molecule has 32 heavy (non-hydrogen) atoms. The van der Waals surface area contributed by atoms with Crippen LogP contribution in [0.1, 0.15) is 0 Å². The highest BCUT2D eigenvalue weighted by atomic mass is 16.5. The molecule has 1 fully saturated rings. The number of aromatic nitrogens is 3. The minimum absolute atomic E-state index is 0.685. The molecule has 2 aliphatic heterocycles. The SMILES string of the molecule is c1cn2cc(-c3ccc4c(c3)NCCO4)nc(Nc3ccc(N4CCOCC4)cc3)c2n1. The molecule has 1 saturated heterocycles. The normalized spacial score (nSPS) is 15.7. The average molecular weight is 428 g/mol. The summed E-state index contributed by atoms with van der Waals surface area (Å²) < 4.78 is 13.2. The van der Waals surface area contributed by atoms with E-state index in [0.29, 0.717) is 12.4 Å². The molecule has 2 N–H and O–H groups in total. The molecule has 0 aliphatic carbocycles. The van der Waals surface area contributed by atoms with Crippen molar-refractivity contribution in [3.05, 3.63) is 61.1 Å². The molecule has 0 unspecified atom stereocenters. The van der Waals surface area contributed by atoms with E-state index in [-0.39, 0.29) is 0 Å². The molecule has 0 amide bonds. The summed E-state index contributed by atoms with van der Waals surface area (Å²) in [5.74, 6) is 1.59. The van der Waals surface area contributed by atoms with Crippen molar-refractivity contribution in [2.45, 2.75) is 0 Å². The lowest BCUT2D eigenvalue weighted by molar-refractivity contribution is 0.122. The molecule has 4 heterocycles. The largest absolute Gasteiger partial charge is 0.490 e. The molecule has 0 bridgehead atoms. The summed E-state index contributed by atoms with van der Waals surface area (Å²) in [6, 6.07) is 14.6. The molecule has 0 atom stereocenters. The van der Waals surface area contributed by atoms with Crippen LogP contribution in [-0.2, 0) is 4.74 Å². The van der Waals surface area contributed by atoms with Gasteiger partial charge in [-0.15, -0.1) is 0 Å². The van der Waals surface area contributed by atoms with Gasteiger partial charge in [0, 0.05) is 55.2 Å². The first-order valence-electron chi connectivity index (χ1n) is 10.9. The Morgan fingerprint density at radius 3 is 2.75 bits per heavy atom. The zero-order valence-electron chi connectivity index (χ0n) is 17.6. The summed E-state index contributed by atoms with van der Waals surface area (Å²) in [5, 5.41) is 6.85. The highest BCUT2D eigenvalue weighted by Crippen LogP contribution is 2.33. The summed E-state index contributed by atoms with van der Waals surface area (Å²) in [4.78, 5) is 11.7. The van der Waals surface area contributed by atoms with Gasteiger partial charge in [0.15, 0.2) is 11.5 Å². The van der Waals surface area contributed by atoms with Crippen LogP contribution in [0.25, 0.3) is 16.9 Å². The third kappa shape index (κ3) is 3.58. The maximum Gasteiger partial charge on any atom is 0.180 e. The minimum Gasteiger partial charge on any atom is -0.490 e. The van der Waals surface area contributed by atoms with Crippen LogP contribution in [-0.4, -0.2) is 53.8 Å². The number of fused-ring (bicyclic) bond motifs is 2. The van der Waals surface area contributed by atoms with Gasteiger partial charge in [-0.2, -0.15) is 0 Å². The van der Waals surface area contributed by atoms with Crippen LogP contribution in [0.3, 0.4) is 0 Å². The first kappa shape index (κ1) is 18.9. The molecule has 2 aromatic carbocycles. The lowest BCUT2D eigenvalue weighted by Crippen LogP contribution is -2.36. The Morgan fingerprint density at radius 1 is 1.00 bits per heavy atom. The van der Waals surface area contributed by atoms with Gasteiger partial charge in [0.25, 0.3) is 0 Å². The number of benzene rings is 2. The van der Waals surface area contributed by atoms with Crippen LogP contribution in [0.4, 0.5) is 22.9 Å². The van der Waals surface area contributed by atoms with Crippen LogP contribution in [0, 0.1) is 0 Å². The van der Waals surface area contributed by atoms with Crippen LogP contribution in [0.2, 0.25) is 0 Å². The number of hydrogen-bond acceptors (Lipinski definition) is 7. The van der Waals surface area contributed by atoms with E-state index in [0.717, 1.165) is 66.9 Å². The third-order valence-electron chi connectivity index (χ3n) is 5.83. The molecule has 4 aromatic rings. The van der Waals surface area contributed by atoms with E-state index in [4.69, 9.17) is 14.5 Å². The second-order valence-electron chi connectivity index (χ2n) is 7.89. The molecule has 2 aromatic heterocycles. The highest BCUT2D eigenvalue weighted by molar-refractivity contribution is 5.76. The van der Waals surface area contributed by atoms with Gasteiger partial charge in [0.1, 0.15) is 12.4 Å². The Kier molecular flexibility index (Phi) is 4.77. The van der Waals surface area contributed by atoms with Crippen molar-refractivity contribution >= 4 is 28.5 Å². The smallest absolute Gasteiger partial charge is 0.180 e. The molecule has 0 radical (unpaired) electrons. The first-order chi connectivity index (χ1) is 15.8. The maximum absolute atomic E-state index is 5.71. The number of imidazole rings is 1. The van der Waals surface area contributed by atoms with E-state index in [1.165, 1.54) is 5.69 Å². The van der Waals surface area contributed by atoms with Crippen molar-refractivity contribution in [2.75, 3.05) is 55.0 Å². The zero-order chi connectivity index (χ0) is 21.3. The first-order valence-corrected chi connectivity index (χ1v) is 10.9.